The molecule has 0 saturated carbocycles. The van der Waals surface area contributed by atoms with Crippen molar-refractivity contribution in [1.29, 1.82) is 0 Å². The lowest BCUT2D eigenvalue weighted by molar-refractivity contribution is 0.670. The van der Waals surface area contributed by atoms with Crippen molar-refractivity contribution in [3.8, 4) is 50.5 Å². The maximum Gasteiger partial charge on any atom is 0.145 e. The fourth-order valence-electron chi connectivity index (χ4n) is 6.60. The van der Waals surface area contributed by atoms with Gasteiger partial charge >= 0.3 is 0 Å². The molecule has 0 aliphatic rings. The Bertz CT molecular complexity index is 2510. The van der Waals surface area contributed by atoms with E-state index in [1.54, 1.807) is 0 Å². The maximum absolute atomic E-state index is 6.51. The van der Waals surface area contributed by atoms with E-state index in [2.05, 4.69) is 150 Å². The lowest BCUT2D eigenvalue weighted by Crippen LogP contribution is -1.98. The van der Waals surface area contributed by atoms with Gasteiger partial charge in [0.15, 0.2) is 0 Å². The Hall–Kier alpha value is -6.19. The number of aromatic nitrogens is 2. The summed E-state index contributed by atoms with van der Waals surface area (Å²) in [4.78, 5) is 5.22. The molecule has 9 aromatic rings. The first kappa shape index (κ1) is 26.2. The molecule has 0 amide bonds. The largest absolute Gasteiger partial charge is 0.455 e. The molecule has 0 radical (unpaired) electrons. The molecule has 0 spiro atoms. The van der Waals surface area contributed by atoms with E-state index in [-0.39, 0.29) is 0 Å². The van der Waals surface area contributed by atoms with Crippen molar-refractivity contribution < 1.29 is 4.42 Å². The summed E-state index contributed by atoms with van der Waals surface area (Å²) in [7, 11) is 0. The lowest BCUT2D eigenvalue weighted by Gasteiger charge is -2.14. The highest BCUT2D eigenvalue weighted by Crippen LogP contribution is 2.40. The smallest absolute Gasteiger partial charge is 0.145 e. The van der Waals surface area contributed by atoms with E-state index < -0.39 is 0 Å². The van der Waals surface area contributed by atoms with Crippen LogP contribution in [0.3, 0.4) is 0 Å². The van der Waals surface area contributed by atoms with Gasteiger partial charge < -0.3 is 4.42 Å². The average Bonchev–Trinajstić information content (AvgIpc) is 3.71. The van der Waals surface area contributed by atoms with Gasteiger partial charge in [-0.05, 0) is 76.3 Å². The van der Waals surface area contributed by atoms with E-state index in [0.29, 0.717) is 0 Å². The number of para-hydroxylation sites is 5. The highest BCUT2D eigenvalue weighted by molar-refractivity contribution is 6.09. The van der Waals surface area contributed by atoms with E-state index in [1.807, 2.05) is 24.3 Å². The van der Waals surface area contributed by atoms with Gasteiger partial charge in [0.1, 0.15) is 17.0 Å². The van der Waals surface area contributed by atoms with Crippen LogP contribution >= 0.6 is 0 Å². The number of rotatable bonds is 5. The fourth-order valence-corrected chi connectivity index (χ4v) is 6.60. The minimum atomic E-state index is 0.891. The Morgan fingerprint density at radius 1 is 0.435 bits per heavy atom. The van der Waals surface area contributed by atoms with Crippen LogP contribution in [0.5, 0.6) is 0 Å². The zero-order valence-electron chi connectivity index (χ0n) is 25.0. The zero-order valence-corrected chi connectivity index (χ0v) is 25.0. The number of hydrogen-bond acceptors (Lipinski definition) is 2. The average molecular weight is 589 g/mol. The summed E-state index contributed by atoms with van der Waals surface area (Å²) >= 11 is 0. The molecule has 3 nitrogen and oxygen atoms in total. The SMILES string of the molecule is c1ccc(-c2ccc(-c3cc(-c4cccc5c4oc4ccccc45)cc(-c4nc5ccccc5n4-c4ccccc4)c3)cc2)cc1. The van der Waals surface area contributed by atoms with Crippen molar-refractivity contribution in [3.63, 3.8) is 0 Å². The van der Waals surface area contributed by atoms with Crippen molar-refractivity contribution in [3.05, 3.63) is 170 Å². The molecular weight excluding hydrogens is 560 g/mol. The Labute approximate surface area is 266 Å². The lowest BCUT2D eigenvalue weighted by atomic mass is 9.94. The highest BCUT2D eigenvalue weighted by atomic mass is 16.3. The molecule has 0 saturated heterocycles. The van der Waals surface area contributed by atoms with Gasteiger partial charge in [-0.25, -0.2) is 4.98 Å². The summed E-state index contributed by atoms with van der Waals surface area (Å²) in [6.45, 7) is 0. The Morgan fingerprint density at radius 2 is 1.04 bits per heavy atom. The molecular formula is C43H28N2O. The summed E-state index contributed by atoms with van der Waals surface area (Å²) in [5.41, 5.74) is 12.7. The van der Waals surface area contributed by atoms with Gasteiger partial charge in [-0.1, -0.05) is 121 Å². The van der Waals surface area contributed by atoms with Crippen LogP contribution < -0.4 is 0 Å². The molecule has 46 heavy (non-hydrogen) atoms. The van der Waals surface area contributed by atoms with Gasteiger partial charge in [0.05, 0.1) is 11.0 Å². The second kappa shape index (κ2) is 10.8. The maximum atomic E-state index is 6.51. The Morgan fingerprint density at radius 3 is 1.87 bits per heavy atom. The summed E-state index contributed by atoms with van der Waals surface area (Å²) in [5, 5.41) is 2.24. The second-order valence-corrected chi connectivity index (χ2v) is 11.6. The van der Waals surface area contributed by atoms with Crippen LogP contribution in [0.1, 0.15) is 0 Å². The highest BCUT2D eigenvalue weighted by Gasteiger charge is 2.18. The summed E-state index contributed by atoms with van der Waals surface area (Å²) < 4.78 is 8.78. The van der Waals surface area contributed by atoms with Gasteiger partial charge in [-0.2, -0.15) is 0 Å². The molecule has 3 heteroatoms. The molecule has 0 aliphatic heterocycles. The van der Waals surface area contributed by atoms with Gasteiger partial charge in [0.25, 0.3) is 0 Å². The zero-order chi connectivity index (χ0) is 30.5. The van der Waals surface area contributed by atoms with Crippen LogP contribution in [0, 0.1) is 0 Å². The number of hydrogen-bond donors (Lipinski definition) is 0. The summed E-state index contributed by atoms with van der Waals surface area (Å²) in [5.74, 6) is 0.896. The van der Waals surface area contributed by atoms with Crippen molar-refractivity contribution in [2.75, 3.05) is 0 Å². The first-order valence-electron chi connectivity index (χ1n) is 15.5. The number of fused-ring (bicyclic) bond motifs is 4. The standard InChI is InChI=1S/C43H28N2O/c1-3-12-29(13-4-1)30-22-24-31(25-23-30)32-26-33(36-17-11-18-38-37-16-7-10-21-41(37)46-42(36)38)28-34(27-32)43-44-39-19-8-9-20-40(39)45(43)35-14-5-2-6-15-35/h1-28H. The van der Waals surface area contributed by atoms with Gasteiger partial charge in [-0.3, -0.25) is 4.57 Å². The minimum absolute atomic E-state index is 0.891. The van der Waals surface area contributed by atoms with E-state index >= 15 is 0 Å². The van der Waals surface area contributed by atoms with E-state index in [0.717, 1.165) is 72.3 Å². The predicted octanol–water partition coefficient (Wildman–Crippen LogP) is 11.6. The minimum Gasteiger partial charge on any atom is -0.455 e. The number of benzene rings is 7. The van der Waals surface area contributed by atoms with Crippen molar-refractivity contribution in [2.45, 2.75) is 0 Å². The molecule has 9 rings (SSSR count). The van der Waals surface area contributed by atoms with Crippen LogP contribution in [-0.4, -0.2) is 9.55 Å². The third kappa shape index (κ3) is 4.41. The summed E-state index contributed by atoms with van der Waals surface area (Å²) in [6, 6.07) is 59.7. The Kier molecular flexibility index (Phi) is 6.14. The van der Waals surface area contributed by atoms with Crippen molar-refractivity contribution >= 4 is 33.0 Å². The first-order chi connectivity index (χ1) is 22.8. The van der Waals surface area contributed by atoms with Crippen LogP contribution in [-0.2, 0) is 0 Å². The third-order valence-electron chi connectivity index (χ3n) is 8.81. The molecule has 216 valence electrons. The van der Waals surface area contributed by atoms with Gasteiger partial charge in [-0.15, -0.1) is 0 Å². The predicted molar refractivity (Wildman–Crippen MR) is 190 cm³/mol. The molecule has 0 atom stereocenters. The molecule has 0 bridgehead atoms. The van der Waals surface area contributed by atoms with Crippen molar-refractivity contribution in [1.82, 2.24) is 9.55 Å². The number of nitrogens with zero attached hydrogens (tertiary/aromatic N) is 2. The van der Waals surface area contributed by atoms with Gasteiger partial charge in [0, 0.05) is 27.6 Å². The second-order valence-electron chi connectivity index (χ2n) is 11.6. The first-order valence-corrected chi connectivity index (χ1v) is 15.5. The van der Waals surface area contributed by atoms with Crippen LogP contribution in [0.2, 0.25) is 0 Å². The number of imidazole rings is 1. The van der Waals surface area contributed by atoms with E-state index in [1.165, 1.54) is 11.1 Å². The quantitative estimate of drug-likeness (QED) is 0.200. The van der Waals surface area contributed by atoms with Crippen LogP contribution in [0.4, 0.5) is 0 Å². The topological polar surface area (TPSA) is 31.0 Å². The van der Waals surface area contributed by atoms with E-state index in [4.69, 9.17) is 9.40 Å². The fraction of sp³-hybridized carbons (Fsp3) is 0. The molecule has 7 aromatic carbocycles. The third-order valence-corrected chi connectivity index (χ3v) is 8.81. The molecule has 0 fully saturated rings. The monoisotopic (exact) mass is 588 g/mol. The number of furan rings is 1. The molecule has 2 aromatic heterocycles. The van der Waals surface area contributed by atoms with Gasteiger partial charge in [0.2, 0.25) is 0 Å². The Balaban J connectivity index is 1.29. The molecule has 0 unspecified atom stereocenters. The van der Waals surface area contributed by atoms with E-state index in [9.17, 15) is 0 Å². The van der Waals surface area contributed by atoms with Crippen LogP contribution in [0.25, 0.3) is 83.4 Å². The summed E-state index contributed by atoms with van der Waals surface area (Å²) in [6.07, 6.45) is 0. The normalized spacial score (nSPS) is 11.5. The molecule has 0 aliphatic carbocycles. The molecule has 0 N–H and O–H groups in total. The molecule has 2 heterocycles. The van der Waals surface area contributed by atoms with Crippen molar-refractivity contribution in [2.24, 2.45) is 0 Å². The van der Waals surface area contributed by atoms with Crippen LogP contribution in [0.15, 0.2) is 174 Å².